The van der Waals surface area contributed by atoms with Gasteiger partial charge in [-0.1, -0.05) is 109 Å². The number of aromatic nitrogens is 3. The first kappa shape index (κ1) is 22.5. The van der Waals surface area contributed by atoms with Crippen molar-refractivity contribution >= 4 is 23.8 Å². The molecule has 0 fully saturated rings. The van der Waals surface area contributed by atoms with Crippen molar-refractivity contribution in [1.29, 1.82) is 0 Å². The van der Waals surface area contributed by atoms with Gasteiger partial charge in [0.2, 0.25) is 0 Å². The molecule has 2 heterocycles. The van der Waals surface area contributed by atoms with Crippen molar-refractivity contribution in [2.24, 2.45) is 0 Å². The Hall–Kier alpha value is -4.66. The molecule has 0 radical (unpaired) electrons. The van der Waals surface area contributed by atoms with E-state index in [1.807, 2.05) is 78.9 Å². The van der Waals surface area contributed by atoms with E-state index in [1.165, 1.54) is 10.6 Å². The standard InChI is InChI=1S/C33H22N3OP/c1-4-12-23(13-5-1)31-34-32(24-14-6-2-7-15-24)36-33(35-31)25-20-21-28-30(22-25)38(26-16-8-3-9-17-26)29-19-11-10-18-27(29)37-28/h1-22H. The first-order chi connectivity index (χ1) is 18.8. The van der Waals surface area contributed by atoms with Crippen LogP contribution in [0.1, 0.15) is 0 Å². The van der Waals surface area contributed by atoms with E-state index >= 15 is 0 Å². The summed E-state index contributed by atoms with van der Waals surface area (Å²) in [5, 5.41) is 3.65. The molecule has 0 spiro atoms. The van der Waals surface area contributed by atoms with E-state index in [0.717, 1.165) is 33.5 Å². The molecule has 5 heteroatoms. The van der Waals surface area contributed by atoms with Gasteiger partial charge in [-0.15, -0.1) is 0 Å². The Morgan fingerprint density at radius 2 is 0.921 bits per heavy atom. The molecule has 38 heavy (non-hydrogen) atoms. The first-order valence-electron chi connectivity index (χ1n) is 12.5. The van der Waals surface area contributed by atoms with Crippen molar-refractivity contribution < 1.29 is 4.74 Å². The lowest BCUT2D eigenvalue weighted by Gasteiger charge is -2.29. The minimum Gasteiger partial charge on any atom is -0.456 e. The molecule has 0 N–H and O–H groups in total. The number of rotatable bonds is 4. The largest absolute Gasteiger partial charge is 0.456 e. The van der Waals surface area contributed by atoms with Gasteiger partial charge in [-0.25, -0.2) is 15.0 Å². The van der Waals surface area contributed by atoms with Gasteiger partial charge >= 0.3 is 0 Å². The molecule has 0 amide bonds. The molecule has 1 aliphatic heterocycles. The van der Waals surface area contributed by atoms with Crippen LogP contribution >= 0.6 is 7.92 Å². The zero-order valence-electron chi connectivity index (χ0n) is 20.4. The second-order valence-electron chi connectivity index (χ2n) is 8.96. The smallest absolute Gasteiger partial charge is 0.164 e. The second kappa shape index (κ2) is 9.66. The molecule has 1 aromatic heterocycles. The number of hydrogen-bond acceptors (Lipinski definition) is 4. The number of para-hydroxylation sites is 1. The summed E-state index contributed by atoms with van der Waals surface area (Å²) in [6.45, 7) is 0. The van der Waals surface area contributed by atoms with Crippen LogP contribution in [0.15, 0.2) is 133 Å². The summed E-state index contributed by atoms with van der Waals surface area (Å²) >= 11 is 0. The van der Waals surface area contributed by atoms with E-state index in [-0.39, 0.29) is 0 Å². The average Bonchev–Trinajstić information content (AvgIpc) is 3.00. The summed E-state index contributed by atoms with van der Waals surface area (Å²) in [5.41, 5.74) is 2.84. The van der Waals surface area contributed by atoms with Gasteiger partial charge in [-0.3, -0.25) is 0 Å². The topological polar surface area (TPSA) is 47.9 Å². The average molecular weight is 508 g/mol. The summed E-state index contributed by atoms with van der Waals surface area (Å²) < 4.78 is 6.37. The predicted octanol–water partition coefficient (Wildman–Crippen LogP) is 6.74. The first-order valence-corrected chi connectivity index (χ1v) is 13.8. The molecule has 0 saturated heterocycles. The van der Waals surface area contributed by atoms with Gasteiger partial charge in [0.1, 0.15) is 11.5 Å². The van der Waals surface area contributed by atoms with Crippen LogP contribution in [0, 0.1) is 0 Å². The monoisotopic (exact) mass is 507 g/mol. The van der Waals surface area contributed by atoms with E-state index in [0.29, 0.717) is 17.5 Å². The van der Waals surface area contributed by atoms with Gasteiger partial charge < -0.3 is 4.74 Å². The van der Waals surface area contributed by atoms with Crippen LogP contribution in [0.2, 0.25) is 0 Å². The van der Waals surface area contributed by atoms with Crippen LogP contribution in [0.25, 0.3) is 34.2 Å². The Bertz CT molecular complexity index is 1680. The maximum Gasteiger partial charge on any atom is 0.164 e. The van der Waals surface area contributed by atoms with Gasteiger partial charge in [-0.05, 0) is 37.5 Å². The van der Waals surface area contributed by atoms with E-state index in [2.05, 4.69) is 54.6 Å². The molecule has 6 aromatic rings. The van der Waals surface area contributed by atoms with Crippen molar-refractivity contribution in [3.63, 3.8) is 0 Å². The maximum atomic E-state index is 6.37. The van der Waals surface area contributed by atoms with Gasteiger partial charge in [-0.2, -0.15) is 0 Å². The minimum atomic E-state index is -0.804. The summed E-state index contributed by atoms with van der Waals surface area (Å²) in [6, 6.07) is 45.4. The number of benzene rings is 5. The van der Waals surface area contributed by atoms with Crippen molar-refractivity contribution in [3.05, 3.63) is 133 Å². The molecule has 0 bridgehead atoms. The second-order valence-corrected chi connectivity index (χ2v) is 11.1. The molecule has 0 aliphatic carbocycles. The Morgan fingerprint density at radius 3 is 1.55 bits per heavy atom. The van der Waals surface area contributed by atoms with Crippen LogP contribution in [0.4, 0.5) is 0 Å². The quantitative estimate of drug-likeness (QED) is 0.248. The third-order valence-corrected chi connectivity index (χ3v) is 8.99. The lowest BCUT2D eigenvalue weighted by atomic mass is 10.1. The number of hydrogen-bond donors (Lipinski definition) is 0. The summed E-state index contributed by atoms with van der Waals surface area (Å²) in [4.78, 5) is 14.7. The van der Waals surface area contributed by atoms with E-state index in [9.17, 15) is 0 Å². The van der Waals surface area contributed by atoms with Crippen LogP contribution in [-0.4, -0.2) is 15.0 Å². The molecular weight excluding hydrogens is 485 g/mol. The molecule has 1 unspecified atom stereocenters. The van der Waals surface area contributed by atoms with Gasteiger partial charge in [0.05, 0.1) is 0 Å². The number of nitrogens with zero attached hydrogens (tertiary/aromatic N) is 3. The Kier molecular flexibility index (Phi) is 5.73. The molecule has 7 rings (SSSR count). The lowest BCUT2D eigenvalue weighted by Crippen LogP contribution is -2.27. The zero-order valence-corrected chi connectivity index (χ0v) is 21.3. The highest BCUT2D eigenvalue weighted by Gasteiger charge is 2.29. The molecule has 1 atom stereocenters. The van der Waals surface area contributed by atoms with Crippen LogP contribution in [0.5, 0.6) is 11.5 Å². The van der Waals surface area contributed by atoms with Crippen molar-refractivity contribution in [1.82, 2.24) is 15.0 Å². The lowest BCUT2D eigenvalue weighted by molar-refractivity contribution is 0.488. The van der Waals surface area contributed by atoms with Crippen molar-refractivity contribution in [2.45, 2.75) is 0 Å². The highest BCUT2D eigenvalue weighted by Crippen LogP contribution is 2.45. The molecule has 1 aliphatic rings. The Labute approximate surface area is 222 Å². The maximum absolute atomic E-state index is 6.37. The van der Waals surface area contributed by atoms with Crippen LogP contribution in [0.3, 0.4) is 0 Å². The minimum absolute atomic E-state index is 0.641. The van der Waals surface area contributed by atoms with Crippen LogP contribution in [-0.2, 0) is 0 Å². The van der Waals surface area contributed by atoms with Crippen molar-refractivity contribution in [3.8, 4) is 45.7 Å². The molecular formula is C33H22N3OP. The third-order valence-electron chi connectivity index (χ3n) is 6.50. The van der Waals surface area contributed by atoms with E-state index < -0.39 is 7.92 Å². The fourth-order valence-electron chi connectivity index (χ4n) is 4.69. The molecule has 4 nitrogen and oxygen atoms in total. The molecule has 0 saturated carbocycles. The van der Waals surface area contributed by atoms with E-state index in [4.69, 9.17) is 19.7 Å². The predicted molar refractivity (Wildman–Crippen MR) is 155 cm³/mol. The Balaban J connectivity index is 1.41. The normalized spacial score (nSPS) is 13.7. The highest BCUT2D eigenvalue weighted by molar-refractivity contribution is 7.80. The zero-order chi connectivity index (χ0) is 25.3. The van der Waals surface area contributed by atoms with Gasteiger partial charge in [0.15, 0.2) is 17.5 Å². The van der Waals surface area contributed by atoms with Gasteiger partial charge in [0, 0.05) is 27.3 Å². The fraction of sp³-hybridized carbons (Fsp3) is 0. The number of ether oxygens (including phenoxy) is 1. The van der Waals surface area contributed by atoms with Crippen molar-refractivity contribution in [2.75, 3.05) is 0 Å². The SMILES string of the molecule is c1ccc(-c2nc(-c3ccccc3)nc(-c3ccc4c(c3)P(c3ccccc3)c3ccccc3O4)n2)cc1. The number of fused-ring (bicyclic) bond motifs is 2. The van der Waals surface area contributed by atoms with Gasteiger partial charge in [0.25, 0.3) is 0 Å². The highest BCUT2D eigenvalue weighted by atomic mass is 31.1. The molecule has 5 aromatic carbocycles. The molecule has 180 valence electrons. The summed E-state index contributed by atoms with van der Waals surface area (Å²) in [5.74, 6) is 3.74. The van der Waals surface area contributed by atoms with E-state index in [1.54, 1.807) is 0 Å². The fourth-order valence-corrected chi connectivity index (χ4v) is 7.16. The van der Waals surface area contributed by atoms with Crippen LogP contribution < -0.4 is 20.7 Å². The Morgan fingerprint density at radius 1 is 0.421 bits per heavy atom. The third kappa shape index (κ3) is 4.15. The summed E-state index contributed by atoms with van der Waals surface area (Å²) in [6.07, 6.45) is 0. The summed E-state index contributed by atoms with van der Waals surface area (Å²) in [7, 11) is -0.804.